The van der Waals surface area contributed by atoms with Crippen molar-refractivity contribution < 1.29 is 23.8 Å². The molecule has 0 aliphatic carbocycles. The Morgan fingerprint density at radius 1 is 1.12 bits per heavy atom. The second kappa shape index (κ2) is 8.48. The molecule has 0 spiro atoms. The maximum absolute atomic E-state index is 13.0. The number of hydrogen-bond acceptors (Lipinski definition) is 5. The van der Waals surface area contributed by atoms with Crippen LogP contribution in [0.25, 0.3) is 0 Å². The third-order valence-corrected chi connectivity index (χ3v) is 4.73. The van der Waals surface area contributed by atoms with Gasteiger partial charge in [-0.2, -0.15) is 0 Å². The summed E-state index contributed by atoms with van der Waals surface area (Å²) in [5.74, 6) is -1.41. The van der Waals surface area contributed by atoms with Gasteiger partial charge in [0, 0.05) is 5.92 Å². The Bertz CT molecular complexity index is 563. The van der Waals surface area contributed by atoms with E-state index in [0.29, 0.717) is 13.0 Å². The van der Waals surface area contributed by atoms with Gasteiger partial charge in [0.05, 0.1) is 25.9 Å². The minimum atomic E-state index is -1.42. The minimum Gasteiger partial charge on any atom is -0.465 e. The smallest absolute Gasteiger partial charge is 0.326 e. The molecule has 1 aliphatic heterocycles. The van der Waals surface area contributed by atoms with Gasteiger partial charge in [-0.3, -0.25) is 9.59 Å². The third kappa shape index (κ3) is 3.71. The molecule has 1 aromatic carbocycles. The highest BCUT2D eigenvalue weighted by atomic mass is 16.6. The second-order valence-electron chi connectivity index (χ2n) is 6.69. The molecule has 25 heavy (non-hydrogen) atoms. The van der Waals surface area contributed by atoms with E-state index in [2.05, 4.69) is 0 Å². The van der Waals surface area contributed by atoms with Gasteiger partial charge in [0.15, 0.2) is 5.41 Å². The zero-order chi connectivity index (χ0) is 18.4. The van der Waals surface area contributed by atoms with Crippen LogP contribution in [-0.4, -0.2) is 37.9 Å². The van der Waals surface area contributed by atoms with Crippen LogP contribution in [-0.2, 0) is 30.2 Å². The molecule has 2 rings (SSSR count). The van der Waals surface area contributed by atoms with Crippen LogP contribution in [0.1, 0.15) is 33.3 Å². The molecule has 1 fully saturated rings. The first-order valence-electron chi connectivity index (χ1n) is 8.98. The summed E-state index contributed by atoms with van der Waals surface area (Å²) in [5.41, 5.74) is -0.366. The number of rotatable bonds is 7. The Hall–Kier alpha value is -1.88. The molecule has 0 aromatic heterocycles. The van der Waals surface area contributed by atoms with Crippen LogP contribution in [0.5, 0.6) is 0 Å². The maximum Gasteiger partial charge on any atom is 0.326 e. The maximum atomic E-state index is 13.0. The normalized spacial score (nSPS) is 22.0. The van der Waals surface area contributed by atoms with Gasteiger partial charge >= 0.3 is 11.9 Å². The highest BCUT2D eigenvalue weighted by Crippen LogP contribution is 2.47. The summed E-state index contributed by atoms with van der Waals surface area (Å²) in [7, 11) is 0. The van der Waals surface area contributed by atoms with Gasteiger partial charge in [0.25, 0.3) is 0 Å². The molecular formula is C20H28O5. The molecule has 1 saturated heterocycles. The van der Waals surface area contributed by atoms with E-state index < -0.39 is 23.5 Å². The molecule has 1 aromatic rings. The lowest BCUT2D eigenvalue weighted by Gasteiger charge is -2.35. The molecule has 0 radical (unpaired) electrons. The first kappa shape index (κ1) is 19.4. The monoisotopic (exact) mass is 348 g/mol. The Morgan fingerprint density at radius 2 is 1.68 bits per heavy atom. The lowest BCUT2D eigenvalue weighted by Crippen LogP contribution is -2.54. The summed E-state index contributed by atoms with van der Waals surface area (Å²) >= 11 is 0. The van der Waals surface area contributed by atoms with Crippen molar-refractivity contribution in [2.75, 3.05) is 19.8 Å². The standard InChI is InChI=1S/C20H28O5/c1-5-23-18(21)20(19(22)24-6-2)16(13-25-17(20)14(3)4)12-15-10-8-7-9-11-15/h7-11,14,16-17H,5-6,12-13H2,1-4H3/t16-,17+/m1/s1. The first-order valence-corrected chi connectivity index (χ1v) is 8.98. The number of carbonyl (C=O) groups excluding carboxylic acids is 2. The van der Waals surface area contributed by atoms with E-state index in [0.717, 1.165) is 5.56 Å². The van der Waals surface area contributed by atoms with E-state index >= 15 is 0 Å². The van der Waals surface area contributed by atoms with E-state index in [9.17, 15) is 9.59 Å². The topological polar surface area (TPSA) is 61.8 Å². The second-order valence-corrected chi connectivity index (χ2v) is 6.69. The van der Waals surface area contributed by atoms with Crippen molar-refractivity contribution in [2.24, 2.45) is 17.3 Å². The lowest BCUT2D eigenvalue weighted by atomic mass is 9.68. The first-order chi connectivity index (χ1) is 12.0. The van der Waals surface area contributed by atoms with E-state index in [1.807, 2.05) is 44.2 Å². The van der Waals surface area contributed by atoms with Crippen LogP contribution in [0.4, 0.5) is 0 Å². The molecule has 5 nitrogen and oxygen atoms in total. The SMILES string of the molecule is CCOC(=O)C1(C(=O)OCC)[C@H](Cc2ccccc2)CO[C@H]1C(C)C. The number of ether oxygens (including phenoxy) is 3. The average molecular weight is 348 g/mol. The van der Waals surface area contributed by atoms with Crippen molar-refractivity contribution in [1.82, 2.24) is 0 Å². The van der Waals surface area contributed by atoms with Crippen LogP contribution in [0.3, 0.4) is 0 Å². The molecule has 5 heteroatoms. The zero-order valence-corrected chi connectivity index (χ0v) is 15.5. The van der Waals surface area contributed by atoms with Crippen molar-refractivity contribution in [3.8, 4) is 0 Å². The summed E-state index contributed by atoms with van der Waals surface area (Å²) in [6.07, 6.45) is 0.00104. The van der Waals surface area contributed by atoms with Crippen LogP contribution in [0.2, 0.25) is 0 Å². The van der Waals surface area contributed by atoms with Gasteiger partial charge in [0.2, 0.25) is 0 Å². The van der Waals surface area contributed by atoms with Gasteiger partial charge in [-0.1, -0.05) is 44.2 Å². The lowest BCUT2D eigenvalue weighted by molar-refractivity contribution is -0.181. The largest absolute Gasteiger partial charge is 0.465 e. The van der Waals surface area contributed by atoms with Crippen molar-refractivity contribution in [2.45, 2.75) is 40.2 Å². The van der Waals surface area contributed by atoms with E-state index in [1.54, 1.807) is 13.8 Å². The van der Waals surface area contributed by atoms with E-state index in [-0.39, 0.29) is 25.0 Å². The molecule has 0 unspecified atom stereocenters. The van der Waals surface area contributed by atoms with Crippen LogP contribution >= 0.6 is 0 Å². The molecule has 1 aliphatic rings. The van der Waals surface area contributed by atoms with Crippen molar-refractivity contribution in [3.63, 3.8) is 0 Å². The molecule has 0 amide bonds. The van der Waals surface area contributed by atoms with Crippen LogP contribution < -0.4 is 0 Å². The number of benzene rings is 1. The van der Waals surface area contributed by atoms with Crippen molar-refractivity contribution in [3.05, 3.63) is 35.9 Å². The fraction of sp³-hybridized carbons (Fsp3) is 0.600. The fourth-order valence-corrected chi connectivity index (χ4v) is 3.70. The Kier molecular flexibility index (Phi) is 6.59. The molecule has 0 N–H and O–H groups in total. The summed E-state index contributed by atoms with van der Waals surface area (Å²) in [6.45, 7) is 8.12. The quantitative estimate of drug-likeness (QED) is 0.560. The fourth-order valence-electron chi connectivity index (χ4n) is 3.70. The number of hydrogen-bond donors (Lipinski definition) is 0. The van der Waals surface area contributed by atoms with Crippen LogP contribution in [0.15, 0.2) is 30.3 Å². The van der Waals surface area contributed by atoms with Gasteiger partial charge in [-0.15, -0.1) is 0 Å². The van der Waals surface area contributed by atoms with Gasteiger partial charge in [-0.25, -0.2) is 0 Å². The summed E-state index contributed by atoms with van der Waals surface area (Å²) in [6, 6.07) is 9.81. The Balaban J connectivity index is 2.47. The van der Waals surface area contributed by atoms with Gasteiger partial charge < -0.3 is 14.2 Å². The average Bonchev–Trinajstić information content (AvgIpc) is 2.96. The molecule has 138 valence electrons. The summed E-state index contributed by atoms with van der Waals surface area (Å²) in [5, 5.41) is 0. The van der Waals surface area contributed by atoms with E-state index in [4.69, 9.17) is 14.2 Å². The van der Waals surface area contributed by atoms with E-state index in [1.165, 1.54) is 0 Å². The predicted octanol–water partition coefficient (Wildman–Crippen LogP) is 3.01. The third-order valence-electron chi connectivity index (χ3n) is 4.73. The minimum absolute atomic E-state index is 0.0189. The number of esters is 2. The van der Waals surface area contributed by atoms with Crippen molar-refractivity contribution in [1.29, 1.82) is 0 Å². The van der Waals surface area contributed by atoms with Gasteiger partial charge in [0.1, 0.15) is 0 Å². The molecule has 0 bridgehead atoms. The highest BCUT2D eigenvalue weighted by molar-refractivity contribution is 6.01. The molecular weight excluding hydrogens is 320 g/mol. The Labute approximate surface area is 149 Å². The highest BCUT2D eigenvalue weighted by Gasteiger charge is 2.65. The molecule has 1 heterocycles. The molecule has 2 atom stereocenters. The Morgan fingerprint density at radius 3 is 2.16 bits per heavy atom. The summed E-state index contributed by atoms with van der Waals surface area (Å²) in [4.78, 5) is 26.0. The summed E-state index contributed by atoms with van der Waals surface area (Å²) < 4.78 is 16.6. The molecule has 0 saturated carbocycles. The van der Waals surface area contributed by atoms with Crippen LogP contribution in [0, 0.1) is 17.3 Å². The predicted molar refractivity (Wildman–Crippen MR) is 93.9 cm³/mol. The number of carbonyl (C=O) groups is 2. The van der Waals surface area contributed by atoms with Gasteiger partial charge in [-0.05, 0) is 31.7 Å². The zero-order valence-electron chi connectivity index (χ0n) is 15.5. The van der Waals surface area contributed by atoms with Crippen molar-refractivity contribution >= 4 is 11.9 Å².